The molecule has 0 aliphatic heterocycles. The van der Waals surface area contributed by atoms with Crippen molar-refractivity contribution < 1.29 is 24.0 Å². The molecule has 1 fully saturated rings. The van der Waals surface area contributed by atoms with E-state index >= 15 is 0 Å². The number of nitrogens with zero attached hydrogens (tertiary/aromatic N) is 1. The van der Waals surface area contributed by atoms with Gasteiger partial charge in [-0.2, -0.15) is 0 Å². The summed E-state index contributed by atoms with van der Waals surface area (Å²) in [7, 11) is 0. The molecule has 1 amide bonds. The normalized spacial score (nSPS) is 15.5. The Labute approximate surface area is 214 Å². The molecule has 4 aromatic rings. The maximum Gasteiger partial charge on any atom is 0.405 e. The van der Waals surface area contributed by atoms with Crippen molar-refractivity contribution in [3.8, 4) is 22.5 Å². The molecule has 188 valence electrons. The van der Waals surface area contributed by atoms with Crippen molar-refractivity contribution in [2.45, 2.75) is 44.1 Å². The number of hydrogen-bond acceptors (Lipinski definition) is 5. The second kappa shape index (κ2) is 9.58. The lowest BCUT2D eigenvalue weighted by atomic mass is 9.88. The fourth-order valence-electron chi connectivity index (χ4n) is 4.93. The summed E-state index contributed by atoms with van der Waals surface area (Å²) in [6, 6.07) is 25.3. The van der Waals surface area contributed by atoms with E-state index < -0.39 is 23.6 Å². The monoisotopic (exact) mass is 496 g/mol. The zero-order chi connectivity index (χ0) is 26.2. The Balaban J connectivity index is 1.45. The van der Waals surface area contributed by atoms with Gasteiger partial charge in [-0.05, 0) is 42.0 Å². The summed E-state index contributed by atoms with van der Waals surface area (Å²) in [4.78, 5) is 23.5. The van der Waals surface area contributed by atoms with E-state index in [4.69, 9.17) is 15.0 Å². The first-order valence-corrected chi connectivity index (χ1v) is 12.2. The number of hydrogen-bond donors (Lipinski definition) is 2. The smallest absolute Gasteiger partial charge is 0.405 e. The number of aliphatic carboxylic acids is 1. The number of aryl methyl sites for hydroxylation is 1. The SMILES string of the molecule is Cc1noc(-c2ccc(-c3ccc(C4(C(=O)O)CC4)cc3)cc2)c1[C@@H](OC(N)=O)C(C)c1ccccc1. The summed E-state index contributed by atoms with van der Waals surface area (Å²) >= 11 is 0. The van der Waals surface area contributed by atoms with Crippen molar-refractivity contribution in [2.24, 2.45) is 5.73 Å². The summed E-state index contributed by atoms with van der Waals surface area (Å²) in [5.41, 5.74) is 10.6. The standard InChI is InChI=1S/C30H28N2O5/c1-18(20-6-4-3-5-7-20)26(36-29(31)35)25-19(2)32-37-27(25)23-10-8-21(9-11-23)22-12-14-24(15-13-22)30(16-17-30)28(33)34/h3-15,18,26H,16-17H2,1-2H3,(H2,31,35)(H,33,34)/t18?,26-/m0/s1. The molecule has 3 aromatic carbocycles. The van der Waals surface area contributed by atoms with Crippen LogP contribution >= 0.6 is 0 Å². The molecule has 7 nitrogen and oxygen atoms in total. The zero-order valence-electron chi connectivity index (χ0n) is 20.7. The number of carboxylic acids is 1. The lowest BCUT2D eigenvalue weighted by molar-refractivity contribution is -0.140. The number of primary amides is 1. The van der Waals surface area contributed by atoms with Gasteiger partial charge in [0.25, 0.3) is 0 Å². The largest absolute Gasteiger partial charge is 0.481 e. The lowest BCUT2D eigenvalue weighted by Gasteiger charge is -2.24. The van der Waals surface area contributed by atoms with Gasteiger partial charge in [0.1, 0.15) is 6.10 Å². The van der Waals surface area contributed by atoms with Crippen molar-refractivity contribution >= 4 is 12.1 Å². The van der Waals surface area contributed by atoms with Crippen LogP contribution in [-0.4, -0.2) is 22.3 Å². The van der Waals surface area contributed by atoms with Gasteiger partial charge in [0.05, 0.1) is 16.7 Å². The zero-order valence-corrected chi connectivity index (χ0v) is 20.7. The van der Waals surface area contributed by atoms with Crippen LogP contribution in [0, 0.1) is 6.92 Å². The van der Waals surface area contributed by atoms with Gasteiger partial charge in [-0.1, -0.05) is 90.9 Å². The van der Waals surface area contributed by atoms with Gasteiger partial charge in [-0.3, -0.25) is 4.79 Å². The van der Waals surface area contributed by atoms with Crippen molar-refractivity contribution in [1.29, 1.82) is 0 Å². The summed E-state index contributed by atoms with van der Waals surface area (Å²) in [5, 5.41) is 13.7. The first kappa shape index (κ1) is 24.3. The van der Waals surface area contributed by atoms with Crippen LogP contribution in [0.5, 0.6) is 0 Å². The van der Waals surface area contributed by atoms with E-state index in [0.717, 1.165) is 27.8 Å². The molecule has 2 atom stereocenters. The second-order valence-corrected chi connectivity index (χ2v) is 9.61. The Kier molecular flexibility index (Phi) is 6.29. The molecule has 0 bridgehead atoms. The number of benzene rings is 3. The number of nitrogens with two attached hydrogens (primary N) is 1. The summed E-state index contributed by atoms with van der Waals surface area (Å²) in [6.07, 6.45) is -0.191. The Hall–Kier alpha value is -4.39. The van der Waals surface area contributed by atoms with Crippen LogP contribution in [0.3, 0.4) is 0 Å². The van der Waals surface area contributed by atoms with E-state index in [1.807, 2.05) is 92.7 Å². The minimum atomic E-state index is -0.867. The van der Waals surface area contributed by atoms with E-state index in [9.17, 15) is 14.7 Å². The molecule has 0 radical (unpaired) electrons. The fourth-order valence-corrected chi connectivity index (χ4v) is 4.93. The third-order valence-electron chi connectivity index (χ3n) is 7.29. The van der Waals surface area contributed by atoms with Crippen molar-refractivity contribution in [3.63, 3.8) is 0 Å². The fraction of sp³-hybridized carbons (Fsp3) is 0.233. The van der Waals surface area contributed by atoms with Crippen LogP contribution in [-0.2, 0) is 14.9 Å². The summed E-state index contributed by atoms with van der Waals surface area (Å²) < 4.78 is 11.3. The molecule has 1 aliphatic rings. The highest BCUT2D eigenvalue weighted by Crippen LogP contribution is 2.48. The number of ether oxygens (including phenoxy) is 1. The van der Waals surface area contributed by atoms with E-state index in [0.29, 0.717) is 29.9 Å². The number of aromatic nitrogens is 1. The molecule has 3 N–H and O–H groups in total. The van der Waals surface area contributed by atoms with Crippen LogP contribution in [0.1, 0.15) is 54.2 Å². The van der Waals surface area contributed by atoms with Crippen LogP contribution in [0.15, 0.2) is 83.4 Å². The maximum atomic E-state index is 11.8. The Morgan fingerprint density at radius 3 is 2.05 bits per heavy atom. The Morgan fingerprint density at radius 2 is 1.51 bits per heavy atom. The summed E-state index contributed by atoms with van der Waals surface area (Å²) in [6.45, 7) is 3.79. The van der Waals surface area contributed by atoms with Gasteiger partial charge < -0.3 is 20.1 Å². The molecule has 0 saturated heterocycles. The van der Waals surface area contributed by atoms with Crippen LogP contribution in [0.4, 0.5) is 4.79 Å². The highest BCUT2D eigenvalue weighted by Gasteiger charge is 2.51. The molecule has 1 aromatic heterocycles. The third kappa shape index (κ3) is 4.60. The van der Waals surface area contributed by atoms with Crippen molar-refractivity contribution in [3.05, 3.63) is 101 Å². The van der Waals surface area contributed by atoms with Gasteiger partial charge >= 0.3 is 12.1 Å². The lowest BCUT2D eigenvalue weighted by Crippen LogP contribution is -2.22. The number of carboxylic acid groups (broad SMARTS) is 1. The molecule has 5 rings (SSSR count). The molecule has 1 unspecified atom stereocenters. The van der Waals surface area contributed by atoms with Crippen LogP contribution < -0.4 is 5.73 Å². The van der Waals surface area contributed by atoms with Gasteiger partial charge in [0, 0.05) is 11.5 Å². The highest BCUT2D eigenvalue weighted by molar-refractivity contribution is 5.85. The van der Waals surface area contributed by atoms with Crippen LogP contribution in [0.2, 0.25) is 0 Å². The summed E-state index contributed by atoms with van der Waals surface area (Å²) in [5.74, 6) is -0.433. The number of carbonyl (C=O) groups is 2. The predicted octanol–water partition coefficient (Wildman–Crippen LogP) is 6.37. The number of rotatable bonds is 8. The Morgan fingerprint density at radius 1 is 0.946 bits per heavy atom. The van der Waals surface area contributed by atoms with Gasteiger partial charge in [-0.25, -0.2) is 4.79 Å². The van der Waals surface area contributed by atoms with E-state index in [-0.39, 0.29) is 5.92 Å². The van der Waals surface area contributed by atoms with Gasteiger partial charge in [0.2, 0.25) is 0 Å². The third-order valence-corrected chi connectivity index (χ3v) is 7.29. The van der Waals surface area contributed by atoms with E-state index in [1.54, 1.807) is 0 Å². The molecule has 0 spiro atoms. The average Bonchev–Trinajstić information content (AvgIpc) is 3.65. The van der Waals surface area contributed by atoms with E-state index in [2.05, 4.69) is 5.16 Å². The first-order valence-electron chi connectivity index (χ1n) is 12.2. The van der Waals surface area contributed by atoms with Crippen molar-refractivity contribution in [1.82, 2.24) is 5.16 Å². The first-order chi connectivity index (χ1) is 17.8. The predicted molar refractivity (Wildman–Crippen MR) is 139 cm³/mol. The number of amides is 1. The molecular formula is C30H28N2O5. The number of carbonyl (C=O) groups excluding carboxylic acids is 1. The maximum absolute atomic E-state index is 11.8. The average molecular weight is 497 g/mol. The van der Waals surface area contributed by atoms with Crippen molar-refractivity contribution in [2.75, 3.05) is 0 Å². The molecule has 1 heterocycles. The molecule has 1 aliphatic carbocycles. The topological polar surface area (TPSA) is 116 Å². The molecule has 37 heavy (non-hydrogen) atoms. The molecular weight excluding hydrogens is 468 g/mol. The molecule has 7 heteroatoms. The second-order valence-electron chi connectivity index (χ2n) is 9.61. The quantitative estimate of drug-likeness (QED) is 0.293. The highest BCUT2D eigenvalue weighted by atomic mass is 16.6. The molecule has 1 saturated carbocycles. The van der Waals surface area contributed by atoms with E-state index in [1.165, 1.54) is 0 Å². The van der Waals surface area contributed by atoms with Gasteiger partial charge in [0.15, 0.2) is 5.76 Å². The van der Waals surface area contributed by atoms with Crippen LogP contribution in [0.25, 0.3) is 22.5 Å². The minimum absolute atomic E-state index is 0.191. The Bertz CT molecular complexity index is 1420. The van der Waals surface area contributed by atoms with Gasteiger partial charge in [-0.15, -0.1) is 0 Å². The minimum Gasteiger partial charge on any atom is -0.481 e.